The van der Waals surface area contributed by atoms with Gasteiger partial charge in [-0.3, -0.25) is 4.90 Å². The molecule has 0 saturated carbocycles. The van der Waals surface area contributed by atoms with E-state index in [-0.39, 0.29) is 17.6 Å². The van der Waals surface area contributed by atoms with Gasteiger partial charge in [0.2, 0.25) is 0 Å². The van der Waals surface area contributed by atoms with Gasteiger partial charge in [-0.2, -0.15) is 0 Å². The highest BCUT2D eigenvalue weighted by atomic mass is 35.5. The minimum atomic E-state index is 0.120. The first kappa shape index (κ1) is 14.8. The number of halogens is 1. The van der Waals surface area contributed by atoms with Gasteiger partial charge in [0.15, 0.2) is 0 Å². The van der Waals surface area contributed by atoms with Crippen LogP contribution in [0.4, 0.5) is 0 Å². The van der Waals surface area contributed by atoms with Crippen LogP contribution in [0.3, 0.4) is 0 Å². The molecule has 0 spiro atoms. The number of hydrogen-bond donors (Lipinski definition) is 1. The molecule has 2 nitrogen and oxygen atoms in total. The summed E-state index contributed by atoms with van der Waals surface area (Å²) in [4.78, 5) is 2.54. The Hall–Kier alpha value is -0.570. The summed E-state index contributed by atoms with van der Waals surface area (Å²) in [5.74, 6) is 0. The van der Waals surface area contributed by atoms with Crippen LogP contribution in [0.25, 0.3) is 0 Å². The van der Waals surface area contributed by atoms with Gasteiger partial charge in [-0.25, -0.2) is 0 Å². The minimum Gasteiger partial charge on any atom is -0.326 e. The Balaban J connectivity index is 2.40. The fraction of sp³-hybridized carbons (Fsp3) is 0.625. The maximum absolute atomic E-state index is 6.46. The lowest BCUT2D eigenvalue weighted by atomic mass is 9.92. The number of likely N-dealkylation sites (tertiary alicyclic amines) is 1. The largest absolute Gasteiger partial charge is 0.326 e. The van der Waals surface area contributed by atoms with Crippen molar-refractivity contribution in [2.24, 2.45) is 5.73 Å². The lowest BCUT2D eigenvalue weighted by Crippen LogP contribution is -2.49. The molecule has 2 N–H and O–H groups in total. The van der Waals surface area contributed by atoms with Crippen molar-refractivity contribution in [3.05, 3.63) is 34.9 Å². The molecular weight excluding hydrogens is 256 g/mol. The molecule has 0 aliphatic carbocycles. The quantitative estimate of drug-likeness (QED) is 0.843. The van der Waals surface area contributed by atoms with E-state index < -0.39 is 0 Å². The zero-order valence-corrected chi connectivity index (χ0v) is 13.0. The molecule has 2 unspecified atom stereocenters. The van der Waals surface area contributed by atoms with Crippen LogP contribution in [-0.2, 0) is 0 Å². The van der Waals surface area contributed by atoms with Crippen LogP contribution >= 0.6 is 11.6 Å². The molecule has 0 amide bonds. The Morgan fingerprint density at radius 2 is 2.00 bits per heavy atom. The van der Waals surface area contributed by atoms with Crippen LogP contribution in [-0.4, -0.2) is 23.0 Å². The van der Waals surface area contributed by atoms with Crippen molar-refractivity contribution < 1.29 is 0 Å². The highest BCUT2D eigenvalue weighted by Crippen LogP contribution is 2.35. The normalized spacial score (nSPS) is 26.2. The van der Waals surface area contributed by atoms with Crippen LogP contribution in [0.5, 0.6) is 0 Å². The van der Waals surface area contributed by atoms with Gasteiger partial charge in [0, 0.05) is 16.6 Å². The first-order valence-corrected chi connectivity index (χ1v) is 7.55. The van der Waals surface area contributed by atoms with Crippen LogP contribution in [0.1, 0.15) is 51.6 Å². The molecule has 0 aromatic heterocycles. The molecule has 0 bridgehead atoms. The molecule has 106 valence electrons. The number of nitrogens with zero attached hydrogens (tertiary/aromatic N) is 1. The summed E-state index contributed by atoms with van der Waals surface area (Å²) in [6.45, 7) is 7.90. The van der Waals surface area contributed by atoms with E-state index >= 15 is 0 Å². The molecule has 1 aliphatic rings. The minimum absolute atomic E-state index is 0.120. The number of benzene rings is 1. The molecule has 3 heteroatoms. The second-order valence-corrected chi connectivity index (χ2v) is 6.96. The summed E-state index contributed by atoms with van der Waals surface area (Å²) in [7, 11) is 0. The molecule has 2 rings (SSSR count). The van der Waals surface area contributed by atoms with Gasteiger partial charge in [-0.15, -0.1) is 0 Å². The second kappa shape index (κ2) is 5.82. The van der Waals surface area contributed by atoms with Crippen molar-refractivity contribution in [3.63, 3.8) is 0 Å². The summed E-state index contributed by atoms with van der Waals surface area (Å²) in [5, 5.41) is 0.794. The fourth-order valence-corrected chi connectivity index (χ4v) is 3.26. The smallest absolute Gasteiger partial charge is 0.0504 e. The first-order chi connectivity index (χ1) is 8.89. The van der Waals surface area contributed by atoms with Crippen LogP contribution in [0.15, 0.2) is 24.3 Å². The van der Waals surface area contributed by atoms with Crippen molar-refractivity contribution in [1.82, 2.24) is 4.90 Å². The predicted octanol–water partition coefficient (Wildman–Crippen LogP) is 3.99. The van der Waals surface area contributed by atoms with Crippen LogP contribution in [0, 0.1) is 0 Å². The average Bonchev–Trinajstić information content (AvgIpc) is 2.50. The van der Waals surface area contributed by atoms with E-state index in [0.29, 0.717) is 0 Å². The zero-order chi connectivity index (χ0) is 14.0. The molecule has 1 saturated heterocycles. The second-order valence-electron chi connectivity index (χ2n) is 6.52. The molecule has 1 aromatic carbocycles. The van der Waals surface area contributed by atoms with Crippen molar-refractivity contribution in [2.75, 3.05) is 6.54 Å². The standard InChI is InChI=1S/C16H25ClN2/c1-16(2,3)19-10-5-4-9-14(18)15(19)12-7-6-8-13(17)11-12/h6-8,11,14-15H,4-5,9-10,18H2,1-3H3. The summed E-state index contributed by atoms with van der Waals surface area (Å²) in [6, 6.07) is 8.61. The van der Waals surface area contributed by atoms with Gasteiger partial charge < -0.3 is 5.73 Å². The van der Waals surface area contributed by atoms with E-state index in [1.165, 1.54) is 18.4 Å². The topological polar surface area (TPSA) is 29.3 Å². The van der Waals surface area contributed by atoms with Gasteiger partial charge in [0.25, 0.3) is 0 Å². The maximum atomic E-state index is 6.46. The van der Waals surface area contributed by atoms with E-state index in [1.807, 2.05) is 12.1 Å². The van der Waals surface area contributed by atoms with Gasteiger partial charge in [0.05, 0.1) is 6.04 Å². The van der Waals surface area contributed by atoms with Crippen molar-refractivity contribution in [1.29, 1.82) is 0 Å². The van der Waals surface area contributed by atoms with Crippen LogP contribution in [0.2, 0.25) is 5.02 Å². The summed E-state index contributed by atoms with van der Waals surface area (Å²) in [6.07, 6.45) is 3.52. The number of nitrogens with two attached hydrogens (primary N) is 1. The Labute approximate surface area is 121 Å². The highest BCUT2D eigenvalue weighted by Gasteiger charge is 2.35. The Morgan fingerprint density at radius 1 is 1.26 bits per heavy atom. The average molecular weight is 281 g/mol. The molecule has 1 heterocycles. The van der Waals surface area contributed by atoms with Crippen molar-refractivity contribution in [3.8, 4) is 0 Å². The van der Waals surface area contributed by atoms with Gasteiger partial charge >= 0.3 is 0 Å². The Bertz CT molecular complexity index is 425. The highest BCUT2D eigenvalue weighted by molar-refractivity contribution is 6.30. The SMILES string of the molecule is CC(C)(C)N1CCCCC(N)C1c1cccc(Cl)c1. The number of hydrogen-bond acceptors (Lipinski definition) is 2. The van der Waals surface area contributed by atoms with Crippen molar-refractivity contribution >= 4 is 11.6 Å². The summed E-state index contributed by atoms with van der Waals surface area (Å²) >= 11 is 6.16. The van der Waals surface area contributed by atoms with Crippen LogP contribution < -0.4 is 5.73 Å². The summed E-state index contributed by atoms with van der Waals surface area (Å²) < 4.78 is 0. The molecule has 1 fully saturated rings. The maximum Gasteiger partial charge on any atom is 0.0504 e. The van der Waals surface area contributed by atoms with E-state index in [4.69, 9.17) is 17.3 Å². The third-order valence-corrected chi connectivity index (χ3v) is 4.21. The Morgan fingerprint density at radius 3 is 2.63 bits per heavy atom. The zero-order valence-electron chi connectivity index (χ0n) is 12.2. The third kappa shape index (κ3) is 3.50. The van der Waals surface area contributed by atoms with E-state index in [2.05, 4.69) is 37.8 Å². The predicted molar refractivity (Wildman–Crippen MR) is 82.5 cm³/mol. The molecule has 1 aromatic rings. The van der Waals surface area contributed by atoms with Gasteiger partial charge in [0.1, 0.15) is 0 Å². The van der Waals surface area contributed by atoms with E-state index in [9.17, 15) is 0 Å². The fourth-order valence-electron chi connectivity index (χ4n) is 3.06. The van der Waals surface area contributed by atoms with E-state index in [1.54, 1.807) is 0 Å². The Kier molecular flexibility index (Phi) is 4.54. The van der Waals surface area contributed by atoms with Crippen molar-refractivity contribution in [2.45, 2.75) is 57.7 Å². The monoisotopic (exact) mass is 280 g/mol. The van der Waals surface area contributed by atoms with Gasteiger partial charge in [-0.05, 0) is 57.9 Å². The molecule has 0 radical (unpaired) electrons. The number of rotatable bonds is 1. The molecular formula is C16H25ClN2. The molecule has 2 atom stereocenters. The molecule has 1 aliphatic heterocycles. The van der Waals surface area contributed by atoms with Gasteiger partial charge in [-0.1, -0.05) is 30.2 Å². The summed E-state index contributed by atoms with van der Waals surface area (Å²) in [5.41, 5.74) is 7.83. The lowest BCUT2D eigenvalue weighted by Gasteiger charge is -2.43. The lowest BCUT2D eigenvalue weighted by molar-refractivity contribution is 0.0755. The third-order valence-electron chi connectivity index (χ3n) is 3.98. The van der Waals surface area contributed by atoms with E-state index in [0.717, 1.165) is 18.0 Å². The first-order valence-electron chi connectivity index (χ1n) is 7.17. The molecule has 19 heavy (non-hydrogen) atoms.